The third kappa shape index (κ3) is 1.85. The minimum absolute atomic E-state index is 0.677. The maximum Gasteiger partial charge on any atom is 0.182 e. The second-order valence-corrected chi connectivity index (χ2v) is 5.09. The van der Waals surface area contributed by atoms with Gasteiger partial charge in [-0.25, -0.2) is 0 Å². The zero-order valence-electron chi connectivity index (χ0n) is 9.77. The van der Waals surface area contributed by atoms with Crippen LogP contribution >= 0.6 is 23.8 Å². The summed E-state index contributed by atoms with van der Waals surface area (Å²) in [6.07, 6.45) is 0. The Morgan fingerprint density at radius 2 is 1.83 bits per heavy atom. The third-order valence-corrected chi connectivity index (χ3v) is 3.46. The first-order valence-corrected chi connectivity index (χ1v) is 6.41. The normalized spacial score (nSPS) is 11.0. The van der Waals surface area contributed by atoms with Crippen LogP contribution in [0.3, 0.4) is 0 Å². The minimum atomic E-state index is 0.677. The second-order valence-electron chi connectivity index (χ2n) is 4.26. The van der Waals surface area contributed by atoms with Gasteiger partial charge in [0, 0.05) is 10.7 Å². The molecule has 1 N–H and O–H groups in total. The number of halogens is 1. The van der Waals surface area contributed by atoms with Gasteiger partial charge in [0.1, 0.15) is 0 Å². The number of nitrogens with one attached hydrogen (secondary N) is 1. The van der Waals surface area contributed by atoms with E-state index in [9.17, 15) is 0 Å². The number of benzene rings is 2. The van der Waals surface area contributed by atoms with E-state index in [0.29, 0.717) is 9.79 Å². The molecule has 3 rings (SSSR count). The van der Waals surface area contributed by atoms with Crippen LogP contribution in [0, 0.1) is 11.7 Å². The fourth-order valence-electron chi connectivity index (χ4n) is 2.03. The van der Waals surface area contributed by atoms with Crippen LogP contribution in [0.2, 0.25) is 5.02 Å². The van der Waals surface area contributed by atoms with Gasteiger partial charge in [0.25, 0.3) is 0 Å². The first-order valence-electron chi connectivity index (χ1n) is 5.62. The molecule has 0 saturated carbocycles. The highest BCUT2D eigenvalue weighted by molar-refractivity contribution is 7.71. The van der Waals surface area contributed by atoms with Crippen LogP contribution in [-0.4, -0.2) is 9.55 Å². The predicted molar refractivity (Wildman–Crippen MR) is 78.2 cm³/mol. The summed E-state index contributed by atoms with van der Waals surface area (Å²) < 4.78 is 2.67. The molecule has 0 atom stereocenters. The molecule has 4 heteroatoms. The molecule has 90 valence electrons. The number of nitrogens with zero attached hydrogens (tertiary/aromatic N) is 1. The minimum Gasteiger partial charge on any atom is -0.330 e. The van der Waals surface area contributed by atoms with Crippen LogP contribution in [0.4, 0.5) is 0 Å². The summed E-state index contributed by atoms with van der Waals surface area (Å²) >= 11 is 11.4. The maximum atomic E-state index is 6.05. The fraction of sp³-hybridized carbons (Fsp3) is 0.0714. The van der Waals surface area contributed by atoms with Gasteiger partial charge >= 0.3 is 0 Å². The topological polar surface area (TPSA) is 20.7 Å². The molecule has 0 spiro atoms. The van der Waals surface area contributed by atoms with Gasteiger partial charge in [0.05, 0.1) is 11.0 Å². The Hall–Kier alpha value is -1.58. The van der Waals surface area contributed by atoms with E-state index in [0.717, 1.165) is 16.7 Å². The number of fused-ring (bicyclic) bond motifs is 1. The molecule has 1 heterocycles. The highest BCUT2D eigenvalue weighted by atomic mass is 35.5. The summed E-state index contributed by atoms with van der Waals surface area (Å²) in [6, 6.07) is 14.0. The molecule has 2 aromatic carbocycles. The lowest BCUT2D eigenvalue weighted by atomic mass is 10.2. The Bertz CT molecular complexity index is 769. The molecule has 0 aliphatic heterocycles. The number of aryl methyl sites for hydroxylation is 1. The molecular weight excluding hydrogens is 264 g/mol. The molecule has 1 aromatic heterocycles. The van der Waals surface area contributed by atoms with Gasteiger partial charge in [-0.2, -0.15) is 0 Å². The largest absolute Gasteiger partial charge is 0.330 e. The second kappa shape index (κ2) is 4.26. The van der Waals surface area contributed by atoms with Crippen molar-refractivity contribution < 1.29 is 0 Å². The molecule has 0 aliphatic carbocycles. The standard InChI is InChI=1S/C14H11ClN2S/c1-9-2-5-11(6-3-9)17-13-8-10(15)4-7-12(13)16-14(17)18/h2-8H,1H3,(H,16,18). The van der Waals surface area contributed by atoms with E-state index >= 15 is 0 Å². The summed E-state index contributed by atoms with van der Waals surface area (Å²) in [5.41, 5.74) is 4.25. The summed E-state index contributed by atoms with van der Waals surface area (Å²) in [5.74, 6) is 0. The molecular formula is C14H11ClN2S. The molecule has 3 aromatic rings. The van der Waals surface area contributed by atoms with Gasteiger partial charge in [-0.05, 0) is 49.5 Å². The number of H-pyrrole nitrogens is 1. The van der Waals surface area contributed by atoms with Gasteiger partial charge < -0.3 is 4.98 Å². The average Bonchev–Trinajstić information content (AvgIpc) is 2.66. The average molecular weight is 275 g/mol. The van der Waals surface area contributed by atoms with E-state index < -0.39 is 0 Å². The number of hydrogen-bond donors (Lipinski definition) is 1. The first kappa shape index (κ1) is 11.5. The number of aromatic nitrogens is 2. The van der Waals surface area contributed by atoms with Crippen LogP contribution in [0.1, 0.15) is 5.56 Å². The molecule has 0 bridgehead atoms. The Labute approximate surface area is 115 Å². The zero-order chi connectivity index (χ0) is 12.7. The number of imidazole rings is 1. The van der Waals surface area contributed by atoms with Gasteiger partial charge in [0.2, 0.25) is 0 Å². The Balaban J connectivity index is 2.34. The Morgan fingerprint density at radius 1 is 1.11 bits per heavy atom. The third-order valence-electron chi connectivity index (χ3n) is 2.94. The van der Waals surface area contributed by atoms with E-state index in [1.54, 1.807) is 0 Å². The Morgan fingerprint density at radius 3 is 2.56 bits per heavy atom. The molecule has 0 saturated heterocycles. The number of rotatable bonds is 1. The first-order chi connectivity index (χ1) is 8.65. The van der Waals surface area contributed by atoms with Crippen LogP contribution < -0.4 is 0 Å². The SMILES string of the molecule is Cc1ccc(-n2c(=S)[nH]c3ccc(Cl)cc32)cc1. The van der Waals surface area contributed by atoms with Gasteiger partial charge in [-0.1, -0.05) is 29.3 Å². The van der Waals surface area contributed by atoms with Crippen molar-refractivity contribution in [1.82, 2.24) is 9.55 Å². The molecule has 0 aliphatic rings. The van der Waals surface area contributed by atoms with Gasteiger partial charge in [0.15, 0.2) is 4.77 Å². The molecule has 0 amide bonds. The Kier molecular flexibility index (Phi) is 2.73. The monoisotopic (exact) mass is 274 g/mol. The quantitative estimate of drug-likeness (QED) is 0.641. The summed E-state index contributed by atoms with van der Waals surface area (Å²) in [6.45, 7) is 2.06. The number of aromatic amines is 1. The van der Waals surface area contributed by atoms with Gasteiger partial charge in [-0.3, -0.25) is 4.57 Å². The number of hydrogen-bond acceptors (Lipinski definition) is 1. The summed E-state index contributed by atoms with van der Waals surface area (Å²) in [4.78, 5) is 3.19. The lowest BCUT2D eigenvalue weighted by Gasteiger charge is -2.05. The van der Waals surface area contributed by atoms with Crippen molar-refractivity contribution in [1.29, 1.82) is 0 Å². The molecule has 18 heavy (non-hydrogen) atoms. The molecule has 0 unspecified atom stereocenters. The van der Waals surface area contributed by atoms with E-state index in [-0.39, 0.29) is 0 Å². The van der Waals surface area contributed by atoms with E-state index in [1.165, 1.54) is 5.56 Å². The van der Waals surface area contributed by atoms with Crippen LogP contribution in [0.5, 0.6) is 0 Å². The van der Waals surface area contributed by atoms with E-state index in [4.69, 9.17) is 23.8 Å². The maximum absolute atomic E-state index is 6.05. The highest BCUT2D eigenvalue weighted by Crippen LogP contribution is 2.23. The lowest BCUT2D eigenvalue weighted by molar-refractivity contribution is 1.06. The summed E-state index contributed by atoms with van der Waals surface area (Å²) in [7, 11) is 0. The summed E-state index contributed by atoms with van der Waals surface area (Å²) in [5, 5.41) is 0.706. The van der Waals surface area contributed by atoms with Crippen molar-refractivity contribution in [2.24, 2.45) is 0 Å². The van der Waals surface area contributed by atoms with Crippen LogP contribution in [0.15, 0.2) is 42.5 Å². The smallest absolute Gasteiger partial charge is 0.182 e. The van der Waals surface area contributed by atoms with Crippen molar-refractivity contribution >= 4 is 34.9 Å². The predicted octanol–water partition coefficient (Wildman–Crippen LogP) is 4.65. The highest BCUT2D eigenvalue weighted by Gasteiger charge is 2.06. The lowest BCUT2D eigenvalue weighted by Crippen LogP contribution is -1.93. The molecule has 2 nitrogen and oxygen atoms in total. The van der Waals surface area contributed by atoms with Crippen LogP contribution in [0.25, 0.3) is 16.7 Å². The van der Waals surface area contributed by atoms with Crippen molar-refractivity contribution in [3.05, 3.63) is 57.8 Å². The fourth-order valence-corrected chi connectivity index (χ4v) is 2.51. The van der Waals surface area contributed by atoms with Gasteiger partial charge in [-0.15, -0.1) is 0 Å². The van der Waals surface area contributed by atoms with Crippen molar-refractivity contribution in [3.8, 4) is 5.69 Å². The van der Waals surface area contributed by atoms with E-state index in [2.05, 4.69) is 36.2 Å². The van der Waals surface area contributed by atoms with Crippen LogP contribution in [-0.2, 0) is 0 Å². The molecule has 0 radical (unpaired) electrons. The van der Waals surface area contributed by atoms with Crippen molar-refractivity contribution in [2.75, 3.05) is 0 Å². The zero-order valence-corrected chi connectivity index (χ0v) is 11.3. The molecule has 0 fully saturated rings. The van der Waals surface area contributed by atoms with Crippen molar-refractivity contribution in [2.45, 2.75) is 6.92 Å². The van der Waals surface area contributed by atoms with E-state index in [1.807, 2.05) is 22.8 Å². The van der Waals surface area contributed by atoms with Crippen molar-refractivity contribution in [3.63, 3.8) is 0 Å².